The zero-order valence-corrected chi connectivity index (χ0v) is 11.5. The number of carboxylic acids is 1. The van der Waals surface area contributed by atoms with Crippen LogP contribution in [0.15, 0.2) is 0 Å². The molecule has 0 aliphatic carbocycles. The summed E-state index contributed by atoms with van der Waals surface area (Å²) in [6.07, 6.45) is 2.39. The number of piperidine rings is 1. The molecule has 17 heavy (non-hydrogen) atoms. The number of hydrogen-bond donors (Lipinski definition) is 2. The first kappa shape index (κ1) is 14.5. The molecule has 0 bridgehead atoms. The maximum Gasteiger partial charge on any atom is 0.324 e. The van der Waals surface area contributed by atoms with Gasteiger partial charge in [0.2, 0.25) is 0 Å². The summed E-state index contributed by atoms with van der Waals surface area (Å²) in [5.74, 6) is -0.761. The monoisotopic (exact) mass is 242 g/mol. The lowest BCUT2D eigenvalue weighted by Crippen LogP contribution is -2.58. The van der Waals surface area contributed by atoms with Crippen LogP contribution in [-0.2, 0) is 4.79 Å². The minimum Gasteiger partial charge on any atom is -0.480 e. The van der Waals surface area contributed by atoms with Gasteiger partial charge in [0.1, 0.15) is 5.54 Å². The van der Waals surface area contributed by atoms with E-state index in [4.69, 9.17) is 0 Å². The van der Waals surface area contributed by atoms with Crippen molar-refractivity contribution in [2.24, 2.45) is 5.41 Å². The van der Waals surface area contributed by atoms with Gasteiger partial charge in [-0.25, -0.2) is 0 Å². The zero-order valence-electron chi connectivity index (χ0n) is 11.5. The van der Waals surface area contributed by atoms with Gasteiger partial charge >= 0.3 is 5.97 Å². The van der Waals surface area contributed by atoms with E-state index in [1.807, 2.05) is 6.92 Å². The molecule has 0 amide bonds. The normalized spacial score (nSPS) is 24.2. The molecule has 2 N–H and O–H groups in total. The van der Waals surface area contributed by atoms with Gasteiger partial charge in [-0.2, -0.15) is 0 Å². The van der Waals surface area contributed by atoms with Gasteiger partial charge < -0.3 is 15.3 Å². The summed E-state index contributed by atoms with van der Waals surface area (Å²) in [4.78, 5) is 13.6. The highest BCUT2D eigenvalue weighted by Crippen LogP contribution is 2.29. The highest BCUT2D eigenvalue weighted by atomic mass is 16.4. The van der Waals surface area contributed by atoms with Gasteiger partial charge in [-0.05, 0) is 38.3 Å². The van der Waals surface area contributed by atoms with E-state index in [9.17, 15) is 9.90 Å². The number of hydrogen-bond acceptors (Lipinski definition) is 3. The summed E-state index contributed by atoms with van der Waals surface area (Å²) in [5, 5.41) is 12.4. The number of aliphatic carboxylic acids is 1. The number of carbonyl (C=O) groups is 1. The second-order valence-electron chi connectivity index (χ2n) is 6.15. The van der Waals surface area contributed by atoms with Crippen molar-refractivity contribution in [3.63, 3.8) is 0 Å². The molecule has 4 nitrogen and oxygen atoms in total. The quantitative estimate of drug-likeness (QED) is 0.768. The highest BCUT2D eigenvalue weighted by Gasteiger charge is 2.36. The molecule has 0 saturated carbocycles. The van der Waals surface area contributed by atoms with Gasteiger partial charge in [-0.1, -0.05) is 20.8 Å². The Kier molecular flexibility index (Phi) is 4.55. The highest BCUT2D eigenvalue weighted by molar-refractivity contribution is 5.78. The molecule has 0 spiro atoms. The number of likely N-dealkylation sites (N-methyl/N-ethyl adjacent to an activating group) is 1. The van der Waals surface area contributed by atoms with Crippen LogP contribution in [-0.4, -0.2) is 47.7 Å². The molecule has 1 heterocycles. The second-order valence-corrected chi connectivity index (χ2v) is 6.15. The minimum atomic E-state index is -0.831. The van der Waals surface area contributed by atoms with Crippen LogP contribution in [0.25, 0.3) is 0 Å². The molecule has 1 saturated heterocycles. The van der Waals surface area contributed by atoms with E-state index in [0.717, 1.165) is 19.5 Å². The fourth-order valence-electron chi connectivity index (χ4n) is 2.72. The second kappa shape index (κ2) is 5.36. The number of likely N-dealkylation sites (tertiary alicyclic amines) is 1. The molecule has 0 aromatic rings. The number of rotatable bonds is 5. The summed E-state index contributed by atoms with van der Waals surface area (Å²) in [7, 11) is 0. The molecule has 100 valence electrons. The topological polar surface area (TPSA) is 52.6 Å². The Bertz CT molecular complexity index is 279. The van der Waals surface area contributed by atoms with E-state index in [-0.39, 0.29) is 0 Å². The smallest absolute Gasteiger partial charge is 0.324 e. The van der Waals surface area contributed by atoms with Gasteiger partial charge in [-0.3, -0.25) is 4.79 Å². The number of nitrogens with one attached hydrogen (secondary N) is 1. The number of nitrogens with zero attached hydrogens (tertiary/aromatic N) is 1. The van der Waals surface area contributed by atoms with Crippen LogP contribution in [0.2, 0.25) is 0 Å². The molecule has 0 aromatic heterocycles. The van der Waals surface area contributed by atoms with Crippen molar-refractivity contribution in [3.05, 3.63) is 0 Å². The third kappa shape index (κ3) is 3.96. The first-order valence-corrected chi connectivity index (χ1v) is 6.50. The Hall–Kier alpha value is -0.610. The van der Waals surface area contributed by atoms with E-state index in [1.54, 1.807) is 6.92 Å². The molecule has 0 radical (unpaired) electrons. The van der Waals surface area contributed by atoms with Crippen LogP contribution in [0.1, 0.15) is 40.5 Å². The summed E-state index contributed by atoms with van der Waals surface area (Å²) >= 11 is 0. The van der Waals surface area contributed by atoms with Gasteiger partial charge in [0.05, 0.1) is 0 Å². The maximum absolute atomic E-state index is 11.4. The van der Waals surface area contributed by atoms with Crippen LogP contribution in [0.3, 0.4) is 0 Å². The van der Waals surface area contributed by atoms with Crippen molar-refractivity contribution in [2.75, 3.05) is 26.2 Å². The van der Waals surface area contributed by atoms with Crippen LogP contribution < -0.4 is 5.32 Å². The Morgan fingerprint density at radius 2 is 2.18 bits per heavy atom. The van der Waals surface area contributed by atoms with Crippen molar-refractivity contribution in [2.45, 2.75) is 46.1 Å². The van der Waals surface area contributed by atoms with Crippen LogP contribution >= 0.6 is 0 Å². The van der Waals surface area contributed by atoms with Crippen molar-refractivity contribution in [1.82, 2.24) is 10.2 Å². The van der Waals surface area contributed by atoms with Crippen LogP contribution in [0.5, 0.6) is 0 Å². The molecule has 1 aliphatic heterocycles. The molecule has 0 aromatic carbocycles. The van der Waals surface area contributed by atoms with Crippen molar-refractivity contribution in [1.29, 1.82) is 0 Å². The van der Waals surface area contributed by atoms with E-state index in [1.165, 1.54) is 6.42 Å². The van der Waals surface area contributed by atoms with Crippen molar-refractivity contribution < 1.29 is 9.90 Å². The Labute approximate surface area is 104 Å². The first-order valence-electron chi connectivity index (χ1n) is 6.50. The lowest BCUT2D eigenvalue weighted by molar-refractivity contribution is -0.145. The van der Waals surface area contributed by atoms with Gasteiger partial charge in [-0.15, -0.1) is 0 Å². The molecule has 4 heteroatoms. The molecule has 1 fully saturated rings. The fourth-order valence-corrected chi connectivity index (χ4v) is 2.72. The van der Waals surface area contributed by atoms with E-state index in [2.05, 4.69) is 24.1 Å². The molecule has 1 unspecified atom stereocenters. The average Bonchev–Trinajstić information content (AvgIpc) is 2.15. The number of carboxylic acid groups (broad SMARTS) is 1. The summed E-state index contributed by atoms with van der Waals surface area (Å²) in [6.45, 7) is 11.5. The summed E-state index contributed by atoms with van der Waals surface area (Å²) in [6, 6.07) is 0. The molecular weight excluding hydrogens is 216 g/mol. The molecule has 1 atom stereocenters. The van der Waals surface area contributed by atoms with Crippen molar-refractivity contribution >= 4 is 5.97 Å². The third-order valence-electron chi connectivity index (χ3n) is 3.56. The first-order chi connectivity index (χ1) is 7.79. The molecule has 1 rings (SSSR count). The van der Waals surface area contributed by atoms with Crippen LogP contribution in [0, 0.1) is 5.41 Å². The van der Waals surface area contributed by atoms with E-state index < -0.39 is 11.5 Å². The standard InChI is InChI=1S/C13H26N2O2/c1-5-14-13(4,11(16)17)10-15-8-6-7-12(2,3)9-15/h14H,5-10H2,1-4H3,(H,16,17). The van der Waals surface area contributed by atoms with Crippen LogP contribution in [0.4, 0.5) is 0 Å². The Morgan fingerprint density at radius 3 is 2.65 bits per heavy atom. The minimum absolute atomic E-state index is 0.309. The van der Waals surface area contributed by atoms with E-state index >= 15 is 0 Å². The van der Waals surface area contributed by atoms with Gasteiger partial charge in [0, 0.05) is 13.1 Å². The summed E-state index contributed by atoms with van der Waals surface area (Å²) < 4.78 is 0. The SMILES string of the molecule is CCNC(C)(CN1CCCC(C)(C)C1)C(=O)O. The van der Waals surface area contributed by atoms with Gasteiger partial charge in [0.25, 0.3) is 0 Å². The Morgan fingerprint density at radius 1 is 1.53 bits per heavy atom. The predicted molar refractivity (Wildman–Crippen MR) is 69.2 cm³/mol. The summed E-state index contributed by atoms with van der Waals surface area (Å²) in [5.41, 5.74) is -0.522. The van der Waals surface area contributed by atoms with E-state index in [0.29, 0.717) is 18.5 Å². The lowest BCUT2D eigenvalue weighted by Gasteiger charge is -2.41. The fraction of sp³-hybridized carbons (Fsp3) is 0.923. The predicted octanol–water partition coefficient (Wildman–Crippen LogP) is 1.56. The van der Waals surface area contributed by atoms with Crippen molar-refractivity contribution in [3.8, 4) is 0 Å². The third-order valence-corrected chi connectivity index (χ3v) is 3.56. The maximum atomic E-state index is 11.4. The largest absolute Gasteiger partial charge is 0.480 e. The average molecular weight is 242 g/mol. The van der Waals surface area contributed by atoms with Gasteiger partial charge in [0.15, 0.2) is 0 Å². The lowest BCUT2D eigenvalue weighted by atomic mass is 9.83. The molecule has 1 aliphatic rings. The Balaban J connectivity index is 2.64. The molecular formula is C13H26N2O2. The zero-order chi connectivity index (χ0) is 13.1.